The first kappa shape index (κ1) is 14.1. The zero-order valence-electron chi connectivity index (χ0n) is 8.95. The summed E-state index contributed by atoms with van der Waals surface area (Å²) in [4.78, 5) is 21.8. The second-order valence-corrected chi connectivity index (χ2v) is 6.10. The first-order valence-corrected chi connectivity index (χ1v) is 6.70. The molecule has 80 valence electrons. The molecular weight excluding hydrogens is 304 g/mol. The molecule has 0 aromatic heterocycles. The van der Waals surface area contributed by atoms with E-state index in [0.717, 1.165) is 7.24 Å². The van der Waals surface area contributed by atoms with E-state index < -0.39 is 20.9 Å². The Morgan fingerprint density at radius 3 is 1.47 bits per heavy atom. The zero-order valence-corrected chi connectivity index (χ0v) is 11.3. The summed E-state index contributed by atoms with van der Waals surface area (Å²) < 4.78 is 1.83. The van der Waals surface area contributed by atoms with E-state index in [-0.39, 0.29) is 11.6 Å². The zero-order chi connectivity index (χ0) is 11.8. The van der Waals surface area contributed by atoms with E-state index in [1.165, 1.54) is 13.8 Å². The third kappa shape index (κ3) is 7.07. The molecule has 0 amide bonds. The quantitative estimate of drug-likeness (QED) is 0.427. The Hall–Kier alpha value is -0.910. The molecule has 0 bridgehead atoms. The van der Waals surface area contributed by atoms with Gasteiger partial charge in [0.2, 0.25) is 0 Å². The summed E-state index contributed by atoms with van der Waals surface area (Å²) in [6.07, 6.45) is 6.46. The van der Waals surface area contributed by atoms with Crippen molar-refractivity contribution in [3.8, 4) is 0 Å². The molecule has 0 N–H and O–H groups in total. The van der Waals surface area contributed by atoms with Crippen molar-refractivity contribution in [2.24, 2.45) is 0 Å². The number of hydrogen-bond donors (Lipinski definition) is 0. The molecule has 0 radical (unpaired) electrons. The van der Waals surface area contributed by atoms with Gasteiger partial charge in [-0.2, -0.15) is 0 Å². The molecule has 0 rings (SSSR count). The van der Waals surface area contributed by atoms with E-state index in [4.69, 9.17) is 0 Å². The van der Waals surface area contributed by atoms with Crippen LogP contribution in [0, 0.1) is 0 Å². The van der Waals surface area contributed by atoms with Gasteiger partial charge in [-0.15, -0.1) is 0 Å². The van der Waals surface area contributed by atoms with Crippen LogP contribution in [-0.4, -0.2) is 32.5 Å². The second kappa shape index (κ2) is 7.39. The van der Waals surface area contributed by atoms with Crippen LogP contribution >= 0.6 is 0 Å². The number of allylic oxidation sites excluding steroid dienone is 6. The summed E-state index contributed by atoms with van der Waals surface area (Å²) in [6.45, 7) is 10.3. The Labute approximate surface area is 101 Å². The molecule has 0 saturated heterocycles. The minimum atomic E-state index is -0.718. The third-order valence-corrected chi connectivity index (χ3v) is 4.30. The molecule has 0 saturated carbocycles. The van der Waals surface area contributed by atoms with Crippen molar-refractivity contribution in [3.05, 3.63) is 44.7 Å². The molecule has 0 heterocycles. The molecule has 2 nitrogen and oxygen atoms in total. The van der Waals surface area contributed by atoms with E-state index >= 15 is 0 Å². The fourth-order valence-electron chi connectivity index (χ4n) is 0.797. The van der Waals surface area contributed by atoms with Crippen LogP contribution in [0.15, 0.2) is 44.7 Å². The normalized spacial score (nSPS) is 12.1. The van der Waals surface area contributed by atoms with Gasteiger partial charge in [0.25, 0.3) is 0 Å². The Bertz CT molecular complexity index is 315. The molecule has 3 heteroatoms. The predicted molar refractivity (Wildman–Crippen MR) is 63.7 cm³/mol. The van der Waals surface area contributed by atoms with Crippen molar-refractivity contribution in [1.29, 1.82) is 0 Å². The number of rotatable bonds is 6. The fraction of sp³-hybridized carbons (Fsp3) is 0.167. The average Bonchev–Trinajstić information content (AvgIpc) is 2.14. The van der Waals surface area contributed by atoms with E-state index in [2.05, 4.69) is 13.2 Å². The minimum absolute atomic E-state index is 0.00115. The van der Waals surface area contributed by atoms with Crippen LogP contribution in [0.2, 0.25) is 0 Å². The molecule has 0 spiro atoms. The van der Waals surface area contributed by atoms with E-state index in [0.29, 0.717) is 0 Å². The van der Waals surface area contributed by atoms with Crippen molar-refractivity contribution in [2.75, 3.05) is 0 Å². The topological polar surface area (TPSA) is 34.1 Å². The van der Waals surface area contributed by atoms with Gasteiger partial charge >= 0.3 is 101 Å². The molecule has 0 aromatic carbocycles. The first-order chi connectivity index (χ1) is 6.99. The van der Waals surface area contributed by atoms with Crippen molar-refractivity contribution in [3.63, 3.8) is 0 Å². The van der Waals surface area contributed by atoms with E-state index in [1.54, 1.807) is 24.3 Å². The number of hydrogen-bond acceptors (Lipinski definition) is 2. The van der Waals surface area contributed by atoms with Crippen molar-refractivity contribution in [1.82, 2.24) is 0 Å². The number of ketones is 2. The van der Waals surface area contributed by atoms with Crippen molar-refractivity contribution in [2.45, 2.75) is 13.8 Å². The summed E-state index contributed by atoms with van der Waals surface area (Å²) in [5, 5.41) is 0. The summed E-state index contributed by atoms with van der Waals surface area (Å²) in [5.41, 5.74) is 0. The Balaban J connectivity index is 4.80. The molecule has 0 aliphatic heterocycles. The Kier molecular flexibility index (Phi) is 6.94. The van der Waals surface area contributed by atoms with Gasteiger partial charge in [0.1, 0.15) is 0 Å². The van der Waals surface area contributed by atoms with Crippen LogP contribution in [0.1, 0.15) is 13.8 Å². The van der Waals surface area contributed by atoms with Crippen LogP contribution in [-0.2, 0) is 9.59 Å². The van der Waals surface area contributed by atoms with Crippen LogP contribution in [0.5, 0.6) is 0 Å². The maximum absolute atomic E-state index is 10.9. The fourth-order valence-corrected chi connectivity index (χ4v) is 3.33. The third-order valence-electron chi connectivity index (χ3n) is 1.33. The van der Waals surface area contributed by atoms with Gasteiger partial charge in [0, 0.05) is 0 Å². The van der Waals surface area contributed by atoms with Gasteiger partial charge in [0.15, 0.2) is 0 Å². The van der Waals surface area contributed by atoms with Crippen molar-refractivity contribution < 1.29 is 9.59 Å². The first-order valence-electron chi connectivity index (χ1n) is 4.37. The van der Waals surface area contributed by atoms with E-state index in [1.807, 2.05) is 0 Å². The molecular formula is C12H14O2Te. The molecule has 0 aliphatic carbocycles. The van der Waals surface area contributed by atoms with Gasteiger partial charge in [0.05, 0.1) is 0 Å². The van der Waals surface area contributed by atoms with Crippen LogP contribution in [0.25, 0.3) is 0 Å². The summed E-state index contributed by atoms with van der Waals surface area (Å²) in [5.74, 6) is 0.00229. The van der Waals surface area contributed by atoms with Crippen LogP contribution in [0.4, 0.5) is 0 Å². The van der Waals surface area contributed by atoms with Crippen molar-refractivity contribution >= 4 is 32.5 Å². The maximum atomic E-state index is 10.9. The average molecular weight is 318 g/mol. The second-order valence-electron chi connectivity index (χ2n) is 2.83. The van der Waals surface area contributed by atoms with E-state index in [9.17, 15) is 9.59 Å². The summed E-state index contributed by atoms with van der Waals surface area (Å²) in [6, 6.07) is 0. The Morgan fingerprint density at radius 2 is 1.27 bits per heavy atom. The summed E-state index contributed by atoms with van der Waals surface area (Å²) >= 11 is -0.718. The van der Waals surface area contributed by atoms with Crippen LogP contribution < -0.4 is 0 Å². The summed E-state index contributed by atoms with van der Waals surface area (Å²) in [7, 11) is 0. The molecule has 0 atom stereocenters. The standard InChI is InChI=1S/C12H14O2Te/c1-5-11(7-9(3)13)15-12(6-2)8-10(4)14/h5-8H,1-2H2,3-4H3/b11-7-,12-8+. The molecule has 0 unspecified atom stereocenters. The molecule has 0 aromatic rings. The number of carbonyl (C=O) groups excluding carboxylic acids is 2. The van der Waals surface area contributed by atoms with Gasteiger partial charge in [-0.3, -0.25) is 0 Å². The monoisotopic (exact) mass is 320 g/mol. The Morgan fingerprint density at radius 1 is 0.933 bits per heavy atom. The van der Waals surface area contributed by atoms with Gasteiger partial charge in [-0.1, -0.05) is 0 Å². The van der Waals surface area contributed by atoms with Gasteiger partial charge in [-0.05, 0) is 0 Å². The number of carbonyl (C=O) groups is 2. The molecule has 0 fully saturated rings. The van der Waals surface area contributed by atoms with Gasteiger partial charge < -0.3 is 0 Å². The SMILES string of the molecule is C=C/C(=C/C(C)=O)[Te]/C(C=C)=C/C(C)=O. The predicted octanol–water partition coefficient (Wildman–Crippen LogP) is 2.01. The molecule has 15 heavy (non-hydrogen) atoms. The van der Waals surface area contributed by atoms with Gasteiger partial charge in [-0.25, -0.2) is 0 Å². The van der Waals surface area contributed by atoms with Crippen LogP contribution in [0.3, 0.4) is 0 Å². The molecule has 0 aliphatic rings.